The molecular weight excluding hydrogens is 232 g/mol. The van der Waals surface area contributed by atoms with Gasteiger partial charge in [0.1, 0.15) is 0 Å². The Bertz CT molecular complexity index is 355. The Morgan fingerprint density at radius 2 is 1.88 bits per heavy atom. The minimum atomic E-state index is -0.936. The summed E-state index contributed by atoms with van der Waals surface area (Å²) in [5, 5.41) is 0.197. The maximum absolute atomic E-state index is 13.0. The van der Waals surface area contributed by atoms with E-state index in [4.69, 9.17) is 17.3 Å². The second kappa shape index (κ2) is 6.16. The second-order valence-electron chi connectivity index (χ2n) is 3.89. The highest BCUT2D eigenvalue weighted by atomic mass is 35.5. The average molecular weight is 248 g/mol. The fourth-order valence-electron chi connectivity index (χ4n) is 1.59. The summed E-state index contributed by atoms with van der Waals surface area (Å²) >= 11 is 5.82. The van der Waals surface area contributed by atoms with Gasteiger partial charge in [0.05, 0.1) is 0 Å². The number of hydrogen-bond acceptors (Lipinski definition) is 1. The predicted molar refractivity (Wildman–Crippen MR) is 62.4 cm³/mol. The highest BCUT2D eigenvalue weighted by molar-refractivity contribution is 6.31. The van der Waals surface area contributed by atoms with Gasteiger partial charge < -0.3 is 5.73 Å². The minimum absolute atomic E-state index is 0.197. The topological polar surface area (TPSA) is 26.0 Å². The van der Waals surface area contributed by atoms with Gasteiger partial charge in [-0.25, -0.2) is 8.78 Å². The summed E-state index contributed by atoms with van der Waals surface area (Å²) in [6.45, 7) is 2.09. The summed E-state index contributed by atoms with van der Waals surface area (Å²) in [5.41, 5.74) is 6.37. The number of unbranched alkanes of at least 4 members (excludes halogenated alkanes) is 2. The molecule has 16 heavy (non-hydrogen) atoms. The van der Waals surface area contributed by atoms with Crippen molar-refractivity contribution < 1.29 is 8.78 Å². The van der Waals surface area contributed by atoms with Crippen molar-refractivity contribution in [2.24, 2.45) is 5.73 Å². The summed E-state index contributed by atoms with van der Waals surface area (Å²) < 4.78 is 25.8. The molecular formula is C12H16ClF2N. The minimum Gasteiger partial charge on any atom is -0.324 e. The van der Waals surface area contributed by atoms with E-state index in [0.717, 1.165) is 37.8 Å². The third-order valence-corrected chi connectivity index (χ3v) is 2.89. The van der Waals surface area contributed by atoms with Gasteiger partial charge >= 0.3 is 0 Å². The molecule has 0 aromatic heterocycles. The summed E-state index contributed by atoms with van der Waals surface area (Å²) in [6, 6.07) is 1.74. The third kappa shape index (κ3) is 3.42. The van der Waals surface area contributed by atoms with Crippen LogP contribution in [0.15, 0.2) is 12.1 Å². The van der Waals surface area contributed by atoms with Crippen LogP contribution in [0.1, 0.15) is 44.2 Å². The Kier molecular flexibility index (Phi) is 5.16. The van der Waals surface area contributed by atoms with Crippen molar-refractivity contribution in [1.29, 1.82) is 0 Å². The maximum Gasteiger partial charge on any atom is 0.160 e. The standard InChI is InChI=1S/C12H16ClF2N/c1-2-3-4-5-12(16)8-6-10(14)11(15)7-9(8)13/h6-7,12H,2-5,16H2,1H3. The number of nitrogens with two attached hydrogens (primary N) is 1. The Balaban J connectivity index is 2.75. The average Bonchev–Trinajstić information content (AvgIpc) is 2.23. The van der Waals surface area contributed by atoms with Crippen molar-refractivity contribution >= 4 is 11.6 Å². The van der Waals surface area contributed by atoms with E-state index in [0.29, 0.717) is 5.56 Å². The molecule has 1 aromatic rings. The van der Waals surface area contributed by atoms with E-state index < -0.39 is 11.6 Å². The van der Waals surface area contributed by atoms with Crippen LogP contribution in [0.5, 0.6) is 0 Å². The molecule has 0 bridgehead atoms. The number of benzene rings is 1. The number of hydrogen-bond donors (Lipinski definition) is 1. The fourth-order valence-corrected chi connectivity index (χ4v) is 1.88. The zero-order valence-corrected chi connectivity index (χ0v) is 10.0. The molecule has 1 nitrogen and oxygen atoms in total. The van der Waals surface area contributed by atoms with E-state index >= 15 is 0 Å². The maximum atomic E-state index is 13.0. The monoisotopic (exact) mass is 247 g/mol. The fraction of sp³-hybridized carbons (Fsp3) is 0.500. The molecule has 0 radical (unpaired) electrons. The van der Waals surface area contributed by atoms with Crippen LogP contribution in [-0.2, 0) is 0 Å². The van der Waals surface area contributed by atoms with Crippen LogP contribution in [0, 0.1) is 11.6 Å². The third-order valence-electron chi connectivity index (χ3n) is 2.56. The zero-order chi connectivity index (χ0) is 12.1. The van der Waals surface area contributed by atoms with E-state index in [2.05, 4.69) is 6.92 Å². The van der Waals surface area contributed by atoms with Crippen molar-refractivity contribution in [2.45, 2.75) is 38.6 Å². The molecule has 0 spiro atoms. The largest absolute Gasteiger partial charge is 0.324 e. The lowest BCUT2D eigenvalue weighted by molar-refractivity contribution is 0.502. The van der Waals surface area contributed by atoms with Crippen LogP contribution in [0.4, 0.5) is 8.78 Å². The first-order chi connectivity index (χ1) is 7.56. The van der Waals surface area contributed by atoms with Crippen molar-refractivity contribution in [3.05, 3.63) is 34.4 Å². The summed E-state index contributed by atoms with van der Waals surface area (Å²) in [4.78, 5) is 0. The molecule has 2 N–H and O–H groups in total. The Labute approximate surface area is 99.6 Å². The van der Waals surface area contributed by atoms with E-state index in [1.165, 1.54) is 0 Å². The molecule has 0 heterocycles. The van der Waals surface area contributed by atoms with Crippen molar-refractivity contribution in [3.8, 4) is 0 Å². The summed E-state index contributed by atoms with van der Waals surface area (Å²) in [6.07, 6.45) is 3.87. The molecule has 4 heteroatoms. The summed E-state index contributed by atoms with van der Waals surface area (Å²) in [5.74, 6) is -1.83. The summed E-state index contributed by atoms with van der Waals surface area (Å²) in [7, 11) is 0. The lowest BCUT2D eigenvalue weighted by Crippen LogP contribution is -2.11. The molecule has 1 atom stereocenters. The van der Waals surface area contributed by atoms with E-state index in [9.17, 15) is 8.78 Å². The second-order valence-corrected chi connectivity index (χ2v) is 4.30. The van der Waals surface area contributed by atoms with Crippen LogP contribution >= 0.6 is 11.6 Å². The molecule has 1 aromatic carbocycles. The SMILES string of the molecule is CCCCCC(N)c1cc(F)c(F)cc1Cl. The quantitative estimate of drug-likeness (QED) is 0.613. The van der Waals surface area contributed by atoms with Gasteiger partial charge in [-0.05, 0) is 24.1 Å². The molecule has 0 aliphatic heterocycles. The molecule has 1 rings (SSSR count). The van der Waals surface area contributed by atoms with Crippen molar-refractivity contribution in [3.63, 3.8) is 0 Å². The molecule has 90 valence electrons. The molecule has 0 saturated carbocycles. The van der Waals surface area contributed by atoms with Gasteiger partial charge in [0.25, 0.3) is 0 Å². The van der Waals surface area contributed by atoms with Gasteiger partial charge in [0.2, 0.25) is 0 Å². The Morgan fingerprint density at radius 1 is 1.25 bits per heavy atom. The Hall–Kier alpha value is -0.670. The zero-order valence-electron chi connectivity index (χ0n) is 9.27. The van der Waals surface area contributed by atoms with Gasteiger partial charge in [-0.2, -0.15) is 0 Å². The highest BCUT2D eigenvalue weighted by Gasteiger charge is 2.14. The van der Waals surface area contributed by atoms with Crippen molar-refractivity contribution in [1.82, 2.24) is 0 Å². The molecule has 0 aliphatic rings. The van der Waals surface area contributed by atoms with Crippen LogP contribution in [-0.4, -0.2) is 0 Å². The highest BCUT2D eigenvalue weighted by Crippen LogP contribution is 2.27. The predicted octanol–water partition coefficient (Wildman–Crippen LogP) is 4.20. The molecule has 0 fully saturated rings. The van der Waals surface area contributed by atoms with Crippen LogP contribution in [0.3, 0.4) is 0 Å². The van der Waals surface area contributed by atoms with Gasteiger partial charge in [-0.1, -0.05) is 37.8 Å². The van der Waals surface area contributed by atoms with Gasteiger partial charge in [-0.15, -0.1) is 0 Å². The van der Waals surface area contributed by atoms with Gasteiger partial charge in [-0.3, -0.25) is 0 Å². The van der Waals surface area contributed by atoms with Crippen molar-refractivity contribution in [2.75, 3.05) is 0 Å². The smallest absolute Gasteiger partial charge is 0.160 e. The van der Waals surface area contributed by atoms with Crippen LogP contribution in [0.25, 0.3) is 0 Å². The lowest BCUT2D eigenvalue weighted by atomic mass is 10.0. The van der Waals surface area contributed by atoms with Gasteiger partial charge in [0.15, 0.2) is 11.6 Å². The molecule has 0 amide bonds. The first kappa shape index (κ1) is 13.4. The molecule has 0 aliphatic carbocycles. The molecule has 0 saturated heterocycles. The van der Waals surface area contributed by atoms with E-state index in [1.54, 1.807) is 0 Å². The van der Waals surface area contributed by atoms with Crippen LogP contribution < -0.4 is 5.73 Å². The number of halogens is 3. The number of rotatable bonds is 5. The Morgan fingerprint density at radius 3 is 2.50 bits per heavy atom. The van der Waals surface area contributed by atoms with Crippen LogP contribution in [0.2, 0.25) is 5.02 Å². The van der Waals surface area contributed by atoms with Gasteiger partial charge in [0, 0.05) is 11.1 Å². The first-order valence-electron chi connectivity index (χ1n) is 5.46. The molecule has 1 unspecified atom stereocenters. The first-order valence-corrected chi connectivity index (χ1v) is 5.84. The van der Waals surface area contributed by atoms with E-state index in [1.807, 2.05) is 0 Å². The van der Waals surface area contributed by atoms with E-state index in [-0.39, 0.29) is 11.1 Å². The normalized spacial score (nSPS) is 12.8. The lowest BCUT2D eigenvalue weighted by Gasteiger charge is -2.13.